The Labute approximate surface area is 98.5 Å². The fourth-order valence-corrected chi connectivity index (χ4v) is 1.37. The molecular weight excluding hydrogens is 200 g/mol. The van der Waals surface area contributed by atoms with Gasteiger partial charge in [0.15, 0.2) is 0 Å². The van der Waals surface area contributed by atoms with Crippen molar-refractivity contribution in [3.05, 3.63) is 12.2 Å². The van der Waals surface area contributed by atoms with E-state index >= 15 is 0 Å². The van der Waals surface area contributed by atoms with Crippen LogP contribution in [-0.2, 0) is 6.54 Å². The molecule has 16 heavy (non-hydrogen) atoms. The van der Waals surface area contributed by atoms with E-state index in [9.17, 15) is 0 Å². The molecule has 0 aliphatic rings. The lowest BCUT2D eigenvalue weighted by Gasteiger charge is -2.28. The van der Waals surface area contributed by atoms with E-state index in [-0.39, 0.29) is 5.41 Å². The summed E-state index contributed by atoms with van der Waals surface area (Å²) in [6, 6.07) is 0.863. The van der Waals surface area contributed by atoms with Crippen molar-refractivity contribution in [2.24, 2.45) is 5.41 Å². The third-order valence-corrected chi connectivity index (χ3v) is 3.07. The van der Waals surface area contributed by atoms with Gasteiger partial charge in [0.2, 0.25) is 0 Å². The summed E-state index contributed by atoms with van der Waals surface area (Å²) < 4.78 is 2.10. The summed E-state index contributed by atoms with van der Waals surface area (Å²) in [6.45, 7) is 14.0. The third kappa shape index (κ3) is 3.30. The zero-order valence-electron chi connectivity index (χ0n) is 11.3. The fraction of sp³-hybridized carbons (Fsp3) is 0.833. The average molecular weight is 224 g/mol. The highest BCUT2D eigenvalue weighted by atomic mass is 15.3. The molecule has 1 N–H and O–H groups in total. The molecule has 0 radical (unpaired) electrons. The van der Waals surface area contributed by atoms with E-state index in [1.807, 2.05) is 0 Å². The highest BCUT2D eigenvalue weighted by Gasteiger charge is 2.20. The first-order chi connectivity index (χ1) is 7.32. The van der Waals surface area contributed by atoms with Crippen LogP contribution in [-0.4, -0.2) is 20.8 Å². The Kier molecular flexibility index (Phi) is 4.08. The number of nitrogens with one attached hydrogen (secondary N) is 1. The Bertz CT molecular complexity index is 322. The summed E-state index contributed by atoms with van der Waals surface area (Å²) in [5, 5.41) is 11.6. The first-order valence-electron chi connectivity index (χ1n) is 5.94. The maximum atomic E-state index is 4.14. The minimum Gasteiger partial charge on any atom is -0.314 e. The molecular formula is C12H24N4. The van der Waals surface area contributed by atoms with Crippen LogP contribution in [0.5, 0.6) is 0 Å². The van der Waals surface area contributed by atoms with Gasteiger partial charge in [-0.15, -0.1) is 10.2 Å². The average Bonchev–Trinajstić information content (AvgIpc) is 2.60. The highest BCUT2D eigenvalue weighted by molar-refractivity contribution is 4.89. The molecule has 1 rings (SSSR count). The topological polar surface area (TPSA) is 42.7 Å². The smallest absolute Gasteiger partial charge is 0.147 e. The molecule has 1 heterocycles. The zero-order valence-corrected chi connectivity index (χ0v) is 11.3. The maximum Gasteiger partial charge on any atom is 0.147 e. The van der Waals surface area contributed by atoms with Gasteiger partial charge in [-0.1, -0.05) is 20.8 Å². The van der Waals surface area contributed by atoms with E-state index in [1.165, 1.54) is 0 Å². The molecule has 0 saturated carbocycles. The first-order valence-corrected chi connectivity index (χ1v) is 5.94. The molecule has 4 nitrogen and oxygen atoms in total. The third-order valence-electron chi connectivity index (χ3n) is 3.07. The number of aromatic nitrogens is 3. The number of hydrogen-bond donors (Lipinski definition) is 1. The van der Waals surface area contributed by atoms with Crippen LogP contribution in [0.1, 0.15) is 53.4 Å². The van der Waals surface area contributed by atoms with Crippen LogP contribution in [0, 0.1) is 5.41 Å². The van der Waals surface area contributed by atoms with Gasteiger partial charge >= 0.3 is 0 Å². The molecule has 0 spiro atoms. The Hall–Kier alpha value is -0.900. The predicted octanol–water partition coefficient (Wildman–Crippen LogP) is 2.38. The fourth-order valence-electron chi connectivity index (χ4n) is 1.37. The quantitative estimate of drug-likeness (QED) is 0.854. The second-order valence-corrected chi connectivity index (χ2v) is 5.72. The summed E-state index contributed by atoms with van der Waals surface area (Å²) in [6.07, 6.45) is 1.80. The van der Waals surface area contributed by atoms with E-state index < -0.39 is 0 Å². The largest absolute Gasteiger partial charge is 0.314 e. The summed E-state index contributed by atoms with van der Waals surface area (Å²) in [4.78, 5) is 0. The van der Waals surface area contributed by atoms with Gasteiger partial charge in [-0.05, 0) is 26.2 Å². The van der Waals surface area contributed by atoms with E-state index in [4.69, 9.17) is 0 Å². The molecule has 0 fully saturated rings. The van der Waals surface area contributed by atoms with E-state index in [1.54, 1.807) is 6.33 Å². The molecule has 1 unspecified atom stereocenters. The Morgan fingerprint density at radius 2 is 1.94 bits per heavy atom. The Morgan fingerprint density at radius 3 is 2.44 bits per heavy atom. The van der Waals surface area contributed by atoms with Crippen LogP contribution in [0.3, 0.4) is 0 Å². The summed E-state index contributed by atoms with van der Waals surface area (Å²) in [7, 11) is 0. The molecule has 1 aromatic heterocycles. The van der Waals surface area contributed by atoms with Crippen molar-refractivity contribution in [2.45, 2.75) is 60.2 Å². The summed E-state index contributed by atoms with van der Waals surface area (Å²) in [5.41, 5.74) is 0.267. The second-order valence-electron chi connectivity index (χ2n) is 5.72. The minimum atomic E-state index is 0.267. The second kappa shape index (κ2) is 4.95. The lowest BCUT2D eigenvalue weighted by molar-refractivity contribution is 0.281. The van der Waals surface area contributed by atoms with Crippen molar-refractivity contribution in [1.82, 2.24) is 20.1 Å². The number of rotatable bonds is 4. The van der Waals surface area contributed by atoms with E-state index in [0.29, 0.717) is 12.1 Å². The van der Waals surface area contributed by atoms with Crippen LogP contribution in [0.15, 0.2) is 6.33 Å². The molecule has 0 saturated heterocycles. The molecule has 1 aromatic rings. The molecule has 0 aromatic carbocycles. The van der Waals surface area contributed by atoms with Crippen molar-refractivity contribution in [2.75, 3.05) is 0 Å². The van der Waals surface area contributed by atoms with Crippen LogP contribution >= 0.6 is 0 Å². The van der Waals surface area contributed by atoms with Gasteiger partial charge in [-0.25, -0.2) is 0 Å². The van der Waals surface area contributed by atoms with Crippen molar-refractivity contribution >= 4 is 0 Å². The molecule has 0 aliphatic heterocycles. The summed E-state index contributed by atoms with van der Waals surface area (Å²) >= 11 is 0. The van der Waals surface area contributed by atoms with Gasteiger partial charge in [0.25, 0.3) is 0 Å². The van der Waals surface area contributed by atoms with Crippen LogP contribution < -0.4 is 5.32 Å². The molecule has 0 bridgehead atoms. The van der Waals surface area contributed by atoms with Crippen molar-refractivity contribution < 1.29 is 0 Å². The van der Waals surface area contributed by atoms with Gasteiger partial charge < -0.3 is 9.88 Å². The monoisotopic (exact) mass is 224 g/mol. The van der Waals surface area contributed by atoms with Gasteiger partial charge in [-0.2, -0.15) is 0 Å². The SMILES string of the molecule is CC(C)n1cnnc1CNC(C)C(C)(C)C. The van der Waals surface area contributed by atoms with Gasteiger partial charge in [-0.3, -0.25) is 0 Å². The van der Waals surface area contributed by atoms with Gasteiger partial charge in [0.05, 0.1) is 6.54 Å². The normalized spacial score (nSPS) is 14.4. The Morgan fingerprint density at radius 1 is 1.31 bits per heavy atom. The van der Waals surface area contributed by atoms with Gasteiger partial charge in [0.1, 0.15) is 12.2 Å². The Balaban J connectivity index is 2.58. The lowest BCUT2D eigenvalue weighted by atomic mass is 9.88. The molecule has 4 heteroatoms. The van der Waals surface area contributed by atoms with Crippen LogP contribution in [0.2, 0.25) is 0 Å². The number of hydrogen-bond acceptors (Lipinski definition) is 3. The molecule has 1 atom stereocenters. The maximum absolute atomic E-state index is 4.14. The predicted molar refractivity (Wildman–Crippen MR) is 66.2 cm³/mol. The summed E-state index contributed by atoms with van der Waals surface area (Å²) in [5.74, 6) is 1.01. The molecule has 0 aliphatic carbocycles. The first kappa shape index (κ1) is 13.2. The van der Waals surface area contributed by atoms with Crippen molar-refractivity contribution in [1.29, 1.82) is 0 Å². The number of nitrogens with zero attached hydrogens (tertiary/aromatic N) is 3. The highest BCUT2D eigenvalue weighted by Crippen LogP contribution is 2.18. The van der Waals surface area contributed by atoms with Gasteiger partial charge in [0, 0.05) is 12.1 Å². The minimum absolute atomic E-state index is 0.267. The van der Waals surface area contributed by atoms with Crippen LogP contribution in [0.25, 0.3) is 0 Å². The molecule has 92 valence electrons. The van der Waals surface area contributed by atoms with Crippen molar-refractivity contribution in [3.63, 3.8) is 0 Å². The standard InChI is InChI=1S/C12H24N4/c1-9(2)16-8-14-15-11(16)7-13-10(3)12(4,5)6/h8-10,13H,7H2,1-6H3. The molecule has 0 amide bonds. The van der Waals surface area contributed by atoms with Crippen LogP contribution in [0.4, 0.5) is 0 Å². The van der Waals surface area contributed by atoms with E-state index in [0.717, 1.165) is 12.4 Å². The van der Waals surface area contributed by atoms with E-state index in [2.05, 4.69) is 61.6 Å². The van der Waals surface area contributed by atoms with Crippen molar-refractivity contribution in [3.8, 4) is 0 Å². The lowest BCUT2D eigenvalue weighted by Crippen LogP contribution is -2.37. The zero-order chi connectivity index (χ0) is 12.3.